The number of fused-ring (bicyclic) bond motifs is 1. The van der Waals surface area contributed by atoms with E-state index in [9.17, 15) is 9.90 Å². The van der Waals surface area contributed by atoms with Crippen molar-refractivity contribution < 1.29 is 14.6 Å². The number of hydrogen-bond acceptors (Lipinski definition) is 3. The standard InChI is InChI=1S/C25H26N2O3/c28-25(29)19-7-4-8-22(15-19)27-23-10-9-21(26-11-13-30-14-12-26)16-20(23)17-24(27)18-5-2-1-3-6-18/h1-8,15,17,21H,9-14,16H2,(H,28,29). The first-order valence-corrected chi connectivity index (χ1v) is 10.6. The summed E-state index contributed by atoms with van der Waals surface area (Å²) in [6.45, 7) is 3.66. The van der Waals surface area contributed by atoms with Gasteiger partial charge in [-0.2, -0.15) is 0 Å². The Morgan fingerprint density at radius 1 is 1.00 bits per heavy atom. The van der Waals surface area contributed by atoms with Crippen molar-refractivity contribution >= 4 is 5.97 Å². The Labute approximate surface area is 176 Å². The zero-order chi connectivity index (χ0) is 20.5. The highest BCUT2D eigenvalue weighted by atomic mass is 16.5. The molecule has 1 atom stereocenters. The lowest BCUT2D eigenvalue weighted by Crippen LogP contribution is -2.45. The molecule has 1 aromatic heterocycles. The van der Waals surface area contributed by atoms with Gasteiger partial charge in [-0.1, -0.05) is 36.4 Å². The summed E-state index contributed by atoms with van der Waals surface area (Å²) in [4.78, 5) is 14.1. The van der Waals surface area contributed by atoms with Gasteiger partial charge in [-0.05, 0) is 54.7 Å². The molecule has 2 aliphatic rings. The van der Waals surface area contributed by atoms with Crippen molar-refractivity contribution in [2.24, 2.45) is 0 Å². The summed E-state index contributed by atoms with van der Waals surface area (Å²) in [5.74, 6) is -0.897. The van der Waals surface area contributed by atoms with Crippen LogP contribution in [0, 0.1) is 0 Å². The molecule has 1 aliphatic carbocycles. The summed E-state index contributed by atoms with van der Waals surface area (Å²) in [7, 11) is 0. The molecule has 2 aromatic carbocycles. The molecule has 1 saturated heterocycles. The van der Waals surface area contributed by atoms with Gasteiger partial charge in [0.05, 0.1) is 24.5 Å². The van der Waals surface area contributed by atoms with Crippen LogP contribution in [0.5, 0.6) is 0 Å². The maximum absolute atomic E-state index is 11.6. The summed E-state index contributed by atoms with van der Waals surface area (Å²) >= 11 is 0. The quantitative estimate of drug-likeness (QED) is 0.716. The molecule has 0 saturated carbocycles. The van der Waals surface area contributed by atoms with Gasteiger partial charge >= 0.3 is 5.97 Å². The molecule has 1 aliphatic heterocycles. The second-order valence-electron chi connectivity index (χ2n) is 8.10. The van der Waals surface area contributed by atoms with Gasteiger partial charge in [-0.15, -0.1) is 0 Å². The SMILES string of the molecule is O=C(O)c1cccc(-n2c(-c3ccccc3)cc3c2CCC(N2CCOCC2)C3)c1. The van der Waals surface area contributed by atoms with E-state index >= 15 is 0 Å². The monoisotopic (exact) mass is 402 g/mol. The number of morpholine rings is 1. The number of rotatable bonds is 4. The van der Waals surface area contributed by atoms with Crippen molar-refractivity contribution in [1.82, 2.24) is 9.47 Å². The number of aromatic nitrogens is 1. The average Bonchev–Trinajstić information content (AvgIpc) is 3.19. The Bertz CT molecular complexity index is 1050. The largest absolute Gasteiger partial charge is 0.478 e. The Morgan fingerprint density at radius 3 is 2.57 bits per heavy atom. The number of carboxylic acid groups (broad SMARTS) is 1. The predicted molar refractivity (Wildman–Crippen MR) is 116 cm³/mol. The normalized spacial score (nSPS) is 19.4. The van der Waals surface area contributed by atoms with E-state index in [1.54, 1.807) is 12.1 Å². The molecule has 5 nitrogen and oxygen atoms in total. The first kappa shape index (κ1) is 19.1. The van der Waals surface area contributed by atoms with E-state index in [2.05, 4.69) is 39.8 Å². The van der Waals surface area contributed by atoms with Gasteiger partial charge in [-0.25, -0.2) is 4.79 Å². The lowest BCUT2D eigenvalue weighted by atomic mass is 9.91. The Hall–Kier alpha value is -2.89. The lowest BCUT2D eigenvalue weighted by molar-refractivity contribution is 0.0136. The third kappa shape index (κ3) is 3.55. The predicted octanol–water partition coefficient (Wildman–Crippen LogP) is 4.03. The fourth-order valence-corrected chi connectivity index (χ4v) is 4.86. The summed E-state index contributed by atoms with van der Waals surface area (Å²) < 4.78 is 7.81. The number of carboxylic acids is 1. The van der Waals surface area contributed by atoms with Gasteiger partial charge in [0, 0.05) is 30.5 Å². The van der Waals surface area contributed by atoms with E-state index in [0.29, 0.717) is 11.6 Å². The second kappa shape index (κ2) is 8.09. The van der Waals surface area contributed by atoms with Crippen molar-refractivity contribution in [3.8, 4) is 16.9 Å². The van der Waals surface area contributed by atoms with Gasteiger partial charge in [0.15, 0.2) is 0 Å². The molecule has 0 amide bonds. The lowest BCUT2D eigenvalue weighted by Gasteiger charge is -2.37. The van der Waals surface area contributed by atoms with E-state index in [4.69, 9.17) is 4.74 Å². The Morgan fingerprint density at radius 2 is 1.80 bits per heavy atom. The maximum Gasteiger partial charge on any atom is 0.335 e. The van der Waals surface area contributed by atoms with Crippen LogP contribution in [0.1, 0.15) is 28.0 Å². The summed E-state index contributed by atoms with van der Waals surface area (Å²) in [5.41, 5.74) is 6.19. The van der Waals surface area contributed by atoms with Crippen molar-refractivity contribution in [2.45, 2.75) is 25.3 Å². The molecule has 0 bridgehead atoms. The minimum Gasteiger partial charge on any atom is -0.478 e. The van der Waals surface area contributed by atoms with E-state index in [1.165, 1.54) is 11.3 Å². The topological polar surface area (TPSA) is 54.7 Å². The molecule has 1 N–H and O–H groups in total. The average molecular weight is 402 g/mol. The molecule has 2 heterocycles. The van der Waals surface area contributed by atoms with Gasteiger partial charge in [-0.3, -0.25) is 4.90 Å². The minimum absolute atomic E-state index is 0.316. The molecular weight excluding hydrogens is 376 g/mol. The minimum atomic E-state index is -0.897. The second-order valence-corrected chi connectivity index (χ2v) is 8.10. The highest BCUT2D eigenvalue weighted by Gasteiger charge is 2.29. The van der Waals surface area contributed by atoms with Crippen molar-refractivity contribution in [3.05, 3.63) is 77.5 Å². The summed E-state index contributed by atoms with van der Waals surface area (Å²) in [6, 6.07) is 20.5. The number of hydrogen-bond donors (Lipinski definition) is 1. The first-order chi connectivity index (χ1) is 14.7. The number of aromatic carboxylic acids is 1. The van der Waals surface area contributed by atoms with Crippen LogP contribution >= 0.6 is 0 Å². The van der Waals surface area contributed by atoms with E-state index in [-0.39, 0.29) is 0 Å². The van der Waals surface area contributed by atoms with Gasteiger partial charge in [0.2, 0.25) is 0 Å². The zero-order valence-corrected chi connectivity index (χ0v) is 17.0. The molecule has 0 radical (unpaired) electrons. The van der Waals surface area contributed by atoms with Crippen LogP contribution in [0.2, 0.25) is 0 Å². The number of carbonyl (C=O) groups is 1. The third-order valence-corrected chi connectivity index (χ3v) is 6.35. The number of nitrogens with zero attached hydrogens (tertiary/aromatic N) is 2. The van der Waals surface area contributed by atoms with Crippen LogP contribution in [0.3, 0.4) is 0 Å². The summed E-state index contributed by atoms with van der Waals surface area (Å²) in [5, 5.41) is 9.49. The fraction of sp³-hybridized carbons (Fsp3) is 0.320. The zero-order valence-electron chi connectivity index (χ0n) is 17.0. The molecular formula is C25H26N2O3. The fourth-order valence-electron chi connectivity index (χ4n) is 4.86. The Kier molecular flexibility index (Phi) is 5.15. The van der Waals surface area contributed by atoms with Gasteiger partial charge < -0.3 is 14.4 Å². The van der Waals surface area contributed by atoms with Crippen LogP contribution < -0.4 is 0 Å². The van der Waals surface area contributed by atoms with Crippen molar-refractivity contribution in [3.63, 3.8) is 0 Å². The third-order valence-electron chi connectivity index (χ3n) is 6.35. The van der Waals surface area contributed by atoms with Crippen LogP contribution in [0.4, 0.5) is 0 Å². The molecule has 1 unspecified atom stereocenters. The molecule has 1 fully saturated rings. The smallest absolute Gasteiger partial charge is 0.335 e. The van der Waals surface area contributed by atoms with Gasteiger partial charge in [0.1, 0.15) is 0 Å². The van der Waals surface area contributed by atoms with Crippen molar-refractivity contribution in [1.29, 1.82) is 0 Å². The Balaban J connectivity index is 1.59. The molecule has 5 heteroatoms. The summed E-state index contributed by atoms with van der Waals surface area (Å²) in [6.07, 6.45) is 3.13. The number of benzene rings is 2. The highest BCUT2D eigenvalue weighted by molar-refractivity contribution is 5.88. The van der Waals surface area contributed by atoms with Crippen molar-refractivity contribution in [2.75, 3.05) is 26.3 Å². The van der Waals surface area contributed by atoms with Gasteiger partial charge in [0.25, 0.3) is 0 Å². The maximum atomic E-state index is 11.6. The van der Waals surface area contributed by atoms with E-state index < -0.39 is 5.97 Å². The van der Waals surface area contributed by atoms with Crippen LogP contribution in [0.15, 0.2) is 60.7 Å². The van der Waals surface area contributed by atoms with E-state index in [0.717, 1.165) is 62.5 Å². The molecule has 154 valence electrons. The highest BCUT2D eigenvalue weighted by Crippen LogP contribution is 2.35. The first-order valence-electron chi connectivity index (χ1n) is 10.6. The molecule has 3 aromatic rings. The van der Waals surface area contributed by atoms with Crippen LogP contribution in [-0.2, 0) is 17.6 Å². The number of ether oxygens (including phenoxy) is 1. The van der Waals surface area contributed by atoms with Crippen LogP contribution in [0.25, 0.3) is 16.9 Å². The molecule has 0 spiro atoms. The van der Waals surface area contributed by atoms with E-state index in [1.807, 2.05) is 18.2 Å². The molecule has 30 heavy (non-hydrogen) atoms. The van der Waals surface area contributed by atoms with Crippen LogP contribution in [-0.4, -0.2) is 52.9 Å². The molecule has 5 rings (SSSR count).